The number of nitrogens with two attached hydrogens (primary N) is 1. The van der Waals surface area contributed by atoms with Crippen LogP contribution < -0.4 is 11.1 Å². The molecule has 0 bridgehead atoms. The fraction of sp³-hybridized carbons (Fsp3) is 0.909. The molecule has 1 amide bonds. The first-order chi connectivity index (χ1) is 6.66. The van der Waals surface area contributed by atoms with Crippen LogP contribution in [-0.2, 0) is 4.79 Å². The second-order valence-electron chi connectivity index (χ2n) is 5.12. The predicted octanol–water partition coefficient (Wildman–Crippen LogP) is 0.635. The van der Waals surface area contributed by atoms with Crippen LogP contribution in [0.2, 0.25) is 0 Å². The van der Waals surface area contributed by atoms with Crippen molar-refractivity contribution >= 4 is 5.91 Å². The zero-order valence-electron chi connectivity index (χ0n) is 10.4. The standard InChI is InChI=1S/C11H24N2O2/c1-7(2)6-9(12)10(15)13-11(4,5)8(3)14/h7-9,14H,6,12H2,1-5H3,(H,13,15). The third-order valence-corrected chi connectivity index (χ3v) is 2.55. The Hall–Kier alpha value is -0.610. The molecule has 0 aliphatic carbocycles. The number of carbonyl (C=O) groups excluding carboxylic acids is 1. The fourth-order valence-corrected chi connectivity index (χ4v) is 1.13. The molecule has 0 aromatic carbocycles. The van der Waals surface area contributed by atoms with Gasteiger partial charge in [-0.2, -0.15) is 0 Å². The van der Waals surface area contributed by atoms with Gasteiger partial charge < -0.3 is 16.2 Å². The monoisotopic (exact) mass is 216 g/mol. The molecule has 4 N–H and O–H groups in total. The molecule has 0 saturated heterocycles. The lowest BCUT2D eigenvalue weighted by molar-refractivity contribution is -0.125. The SMILES string of the molecule is CC(C)CC(N)C(=O)NC(C)(C)C(C)O. The topological polar surface area (TPSA) is 75.4 Å². The molecule has 4 heteroatoms. The number of nitrogens with one attached hydrogen (secondary N) is 1. The molecule has 0 saturated carbocycles. The smallest absolute Gasteiger partial charge is 0.237 e. The van der Waals surface area contributed by atoms with Crippen LogP contribution in [0, 0.1) is 5.92 Å². The lowest BCUT2D eigenvalue weighted by atomic mass is 9.97. The van der Waals surface area contributed by atoms with Gasteiger partial charge in [-0.3, -0.25) is 4.79 Å². The summed E-state index contributed by atoms with van der Waals surface area (Å²) in [5.41, 5.74) is 5.10. The van der Waals surface area contributed by atoms with Crippen LogP contribution in [0.3, 0.4) is 0 Å². The summed E-state index contributed by atoms with van der Waals surface area (Å²) in [6, 6.07) is -0.497. The van der Waals surface area contributed by atoms with E-state index in [1.54, 1.807) is 20.8 Å². The van der Waals surface area contributed by atoms with E-state index in [0.717, 1.165) is 0 Å². The lowest BCUT2D eigenvalue weighted by Gasteiger charge is -2.30. The lowest BCUT2D eigenvalue weighted by Crippen LogP contribution is -2.55. The average molecular weight is 216 g/mol. The van der Waals surface area contributed by atoms with Gasteiger partial charge in [0.15, 0.2) is 0 Å². The van der Waals surface area contributed by atoms with E-state index in [1.807, 2.05) is 13.8 Å². The maximum absolute atomic E-state index is 11.7. The summed E-state index contributed by atoms with van der Waals surface area (Å²) in [7, 11) is 0. The summed E-state index contributed by atoms with van der Waals surface area (Å²) < 4.78 is 0. The zero-order chi connectivity index (χ0) is 12.2. The Morgan fingerprint density at radius 1 is 1.40 bits per heavy atom. The van der Waals surface area contributed by atoms with Gasteiger partial charge in [0.2, 0.25) is 5.91 Å². The number of hydrogen-bond donors (Lipinski definition) is 3. The molecule has 2 unspecified atom stereocenters. The minimum absolute atomic E-state index is 0.199. The Kier molecular flexibility index (Phi) is 5.24. The van der Waals surface area contributed by atoms with Crippen molar-refractivity contribution in [1.29, 1.82) is 0 Å². The van der Waals surface area contributed by atoms with Gasteiger partial charge in [-0.05, 0) is 33.1 Å². The summed E-state index contributed by atoms with van der Waals surface area (Å²) in [6.45, 7) is 9.24. The summed E-state index contributed by atoms with van der Waals surface area (Å²) >= 11 is 0. The molecular weight excluding hydrogens is 192 g/mol. The summed E-state index contributed by atoms with van der Waals surface area (Å²) in [5.74, 6) is 0.190. The van der Waals surface area contributed by atoms with Gasteiger partial charge in [0.25, 0.3) is 0 Å². The quantitative estimate of drug-likeness (QED) is 0.631. The van der Waals surface area contributed by atoms with Crippen molar-refractivity contribution in [2.75, 3.05) is 0 Å². The second-order valence-corrected chi connectivity index (χ2v) is 5.12. The van der Waals surface area contributed by atoms with Crippen LogP contribution in [0.4, 0.5) is 0 Å². The molecule has 0 aliphatic heterocycles. The van der Waals surface area contributed by atoms with Gasteiger partial charge in [-0.25, -0.2) is 0 Å². The van der Waals surface area contributed by atoms with E-state index < -0.39 is 17.7 Å². The Labute approximate surface area is 92.2 Å². The highest BCUT2D eigenvalue weighted by molar-refractivity contribution is 5.82. The van der Waals surface area contributed by atoms with E-state index in [9.17, 15) is 9.90 Å². The first-order valence-electron chi connectivity index (χ1n) is 5.42. The van der Waals surface area contributed by atoms with E-state index in [4.69, 9.17) is 5.73 Å². The maximum atomic E-state index is 11.7. The van der Waals surface area contributed by atoms with Gasteiger partial charge in [0.05, 0.1) is 17.7 Å². The van der Waals surface area contributed by atoms with E-state index in [1.165, 1.54) is 0 Å². The van der Waals surface area contributed by atoms with Crippen molar-refractivity contribution in [3.8, 4) is 0 Å². The van der Waals surface area contributed by atoms with Crippen molar-refractivity contribution in [3.63, 3.8) is 0 Å². The molecule has 0 aromatic heterocycles. The zero-order valence-corrected chi connectivity index (χ0v) is 10.4. The summed E-state index contributed by atoms with van der Waals surface area (Å²) in [5, 5.41) is 12.2. The van der Waals surface area contributed by atoms with E-state index in [0.29, 0.717) is 12.3 Å². The van der Waals surface area contributed by atoms with Gasteiger partial charge in [0, 0.05) is 0 Å². The molecule has 2 atom stereocenters. The molecule has 0 heterocycles. The highest BCUT2D eigenvalue weighted by atomic mass is 16.3. The normalized spacial score (nSPS) is 16.3. The molecule has 4 nitrogen and oxygen atoms in total. The average Bonchev–Trinajstić information content (AvgIpc) is 2.01. The van der Waals surface area contributed by atoms with Crippen LogP contribution in [0.5, 0.6) is 0 Å². The van der Waals surface area contributed by atoms with Gasteiger partial charge in [0.1, 0.15) is 0 Å². The number of rotatable bonds is 5. The maximum Gasteiger partial charge on any atom is 0.237 e. The first kappa shape index (κ1) is 14.4. The van der Waals surface area contributed by atoms with E-state index in [-0.39, 0.29) is 5.91 Å². The third kappa shape index (κ3) is 5.14. The Morgan fingerprint density at radius 3 is 2.20 bits per heavy atom. The number of carbonyl (C=O) groups is 1. The summed E-state index contributed by atoms with van der Waals surface area (Å²) in [4.78, 5) is 11.7. The fourth-order valence-electron chi connectivity index (χ4n) is 1.13. The molecule has 15 heavy (non-hydrogen) atoms. The van der Waals surface area contributed by atoms with Crippen LogP contribution >= 0.6 is 0 Å². The molecule has 0 rings (SSSR count). The molecular formula is C11H24N2O2. The van der Waals surface area contributed by atoms with Crippen molar-refractivity contribution < 1.29 is 9.90 Å². The molecule has 0 aliphatic rings. The van der Waals surface area contributed by atoms with Gasteiger partial charge in [-0.1, -0.05) is 13.8 Å². The number of hydrogen-bond acceptors (Lipinski definition) is 3. The highest BCUT2D eigenvalue weighted by Gasteiger charge is 2.28. The Bertz CT molecular complexity index is 213. The van der Waals surface area contributed by atoms with Crippen molar-refractivity contribution in [2.45, 2.75) is 58.7 Å². The summed E-state index contributed by atoms with van der Waals surface area (Å²) in [6.07, 6.45) is 0.0505. The molecule has 0 aromatic rings. The van der Waals surface area contributed by atoms with Crippen LogP contribution in [0.1, 0.15) is 41.0 Å². The Morgan fingerprint density at radius 2 is 1.87 bits per heavy atom. The van der Waals surface area contributed by atoms with E-state index >= 15 is 0 Å². The molecule has 0 radical (unpaired) electrons. The van der Waals surface area contributed by atoms with Crippen molar-refractivity contribution in [3.05, 3.63) is 0 Å². The third-order valence-electron chi connectivity index (χ3n) is 2.55. The number of aliphatic hydroxyl groups excluding tert-OH is 1. The second kappa shape index (κ2) is 5.47. The van der Waals surface area contributed by atoms with Crippen LogP contribution in [-0.4, -0.2) is 28.7 Å². The first-order valence-corrected chi connectivity index (χ1v) is 5.42. The van der Waals surface area contributed by atoms with Crippen LogP contribution in [0.15, 0.2) is 0 Å². The van der Waals surface area contributed by atoms with Crippen molar-refractivity contribution in [2.24, 2.45) is 11.7 Å². The van der Waals surface area contributed by atoms with Gasteiger partial charge >= 0.3 is 0 Å². The number of aliphatic hydroxyl groups is 1. The van der Waals surface area contributed by atoms with Gasteiger partial charge in [-0.15, -0.1) is 0 Å². The largest absolute Gasteiger partial charge is 0.391 e. The molecule has 0 fully saturated rings. The molecule has 0 spiro atoms. The van der Waals surface area contributed by atoms with Crippen LogP contribution in [0.25, 0.3) is 0 Å². The Balaban J connectivity index is 4.24. The van der Waals surface area contributed by atoms with E-state index in [2.05, 4.69) is 5.32 Å². The minimum Gasteiger partial charge on any atom is -0.391 e. The predicted molar refractivity (Wildman–Crippen MR) is 61.3 cm³/mol. The highest BCUT2D eigenvalue weighted by Crippen LogP contribution is 2.10. The molecule has 90 valence electrons. The van der Waals surface area contributed by atoms with Crippen molar-refractivity contribution in [1.82, 2.24) is 5.32 Å². The number of amides is 1. The minimum atomic E-state index is -0.633.